The summed E-state index contributed by atoms with van der Waals surface area (Å²) in [6.45, 7) is 5.04. The van der Waals surface area contributed by atoms with Crippen LogP contribution in [0.5, 0.6) is 11.5 Å². The summed E-state index contributed by atoms with van der Waals surface area (Å²) < 4.78 is 9.92. The molecule has 0 saturated heterocycles. The van der Waals surface area contributed by atoms with Crippen molar-refractivity contribution in [3.63, 3.8) is 0 Å². The third kappa shape index (κ3) is 5.65. The van der Waals surface area contributed by atoms with Crippen molar-refractivity contribution in [2.45, 2.75) is 13.1 Å². The van der Waals surface area contributed by atoms with Crippen LogP contribution in [0, 0.1) is 0 Å². The van der Waals surface area contributed by atoms with Crippen molar-refractivity contribution < 1.29 is 9.84 Å². The first-order valence-corrected chi connectivity index (χ1v) is 8.35. The highest BCUT2D eigenvalue weighted by Crippen LogP contribution is 2.15. The zero-order valence-electron chi connectivity index (χ0n) is 14.1. The summed E-state index contributed by atoms with van der Waals surface area (Å²) in [5, 5.41) is 9.31. The van der Waals surface area contributed by atoms with E-state index in [-0.39, 0.29) is 5.75 Å². The third-order valence-electron chi connectivity index (χ3n) is 3.98. The summed E-state index contributed by atoms with van der Waals surface area (Å²) in [5.41, 5.74) is 0. The number of hydrogen-bond donors (Lipinski definition) is 1. The van der Waals surface area contributed by atoms with Crippen molar-refractivity contribution >= 4 is 0 Å². The molecule has 3 rings (SSSR count). The molecule has 0 aliphatic rings. The first-order valence-electron chi connectivity index (χ1n) is 8.35. The zero-order valence-corrected chi connectivity index (χ0v) is 14.1. The second-order valence-corrected chi connectivity index (χ2v) is 5.79. The lowest BCUT2D eigenvalue weighted by molar-refractivity contribution is 0.197. The Bertz CT molecular complexity index is 672. The highest BCUT2D eigenvalue weighted by atomic mass is 16.5. The topological polar surface area (TPSA) is 68.3 Å². The van der Waals surface area contributed by atoms with Gasteiger partial charge in [-0.3, -0.25) is 4.90 Å². The molecule has 0 fully saturated rings. The van der Waals surface area contributed by atoms with Gasteiger partial charge < -0.3 is 19.0 Å². The summed E-state index contributed by atoms with van der Waals surface area (Å²) >= 11 is 0. The van der Waals surface area contributed by atoms with Crippen molar-refractivity contribution in [2.24, 2.45) is 0 Å². The predicted molar refractivity (Wildman–Crippen MR) is 94.5 cm³/mol. The van der Waals surface area contributed by atoms with Gasteiger partial charge >= 0.3 is 0 Å². The Morgan fingerprint density at radius 3 is 2.00 bits per heavy atom. The lowest BCUT2D eigenvalue weighted by Crippen LogP contribution is -2.34. The summed E-state index contributed by atoms with van der Waals surface area (Å²) in [4.78, 5) is 10.5. The minimum Gasteiger partial charge on any atom is -0.508 e. The van der Waals surface area contributed by atoms with Gasteiger partial charge in [0.15, 0.2) is 0 Å². The fraction of sp³-hybridized carbons (Fsp3) is 0.333. The average Bonchev–Trinajstić information content (AvgIpc) is 3.32. The second kappa shape index (κ2) is 8.89. The number of hydrogen-bond acceptors (Lipinski definition) is 5. The van der Waals surface area contributed by atoms with Gasteiger partial charge in [-0.05, 0) is 24.3 Å². The molecule has 0 amide bonds. The van der Waals surface area contributed by atoms with Crippen LogP contribution in [0.25, 0.3) is 0 Å². The van der Waals surface area contributed by atoms with Gasteiger partial charge in [0, 0.05) is 57.5 Å². The third-order valence-corrected chi connectivity index (χ3v) is 3.98. The second-order valence-electron chi connectivity index (χ2n) is 5.79. The molecule has 1 aromatic carbocycles. The Morgan fingerprint density at radius 1 is 0.880 bits per heavy atom. The molecule has 0 radical (unpaired) electrons. The first-order chi connectivity index (χ1) is 12.3. The van der Waals surface area contributed by atoms with E-state index in [0.29, 0.717) is 6.61 Å². The van der Waals surface area contributed by atoms with E-state index in [9.17, 15) is 5.11 Å². The smallest absolute Gasteiger partial charge is 0.119 e. The maximum absolute atomic E-state index is 9.31. The molecule has 0 aliphatic heterocycles. The fourth-order valence-corrected chi connectivity index (χ4v) is 2.52. The van der Waals surface area contributed by atoms with Crippen LogP contribution < -0.4 is 4.74 Å². The maximum atomic E-state index is 9.31. The Balaban J connectivity index is 1.48. The number of phenols is 1. The summed E-state index contributed by atoms with van der Waals surface area (Å²) in [7, 11) is 0. The van der Waals surface area contributed by atoms with Gasteiger partial charge in [-0.1, -0.05) is 0 Å². The average molecular weight is 341 g/mol. The molecule has 7 nitrogen and oxygen atoms in total. The highest BCUT2D eigenvalue weighted by molar-refractivity contribution is 5.29. The van der Waals surface area contributed by atoms with Crippen LogP contribution in [0.15, 0.2) is 61.7 Å². The molecule has 132 valence electrons. The van der Waals surface area contributed by atoms with E-state index in [4.69, 9.17) is 4.74 Å². The molecule has 2 aromatic heterocycles. The molecule has 3 aromatic rings. The molecule has 25 heavy (non-hydrogen) atoms. The summed E-state index contributed by atoms with van der Waals surface area (Å²) in [5.74, 6) is 1.01. The number of rotatable bonds is 10. The number of ether oxygens (including phenoxy) is 1. The van der Waals surface area contributed by atoms with Crippen LogP contribution >= 0.6 is 0 Å². The predicted octanol–water partition coefficient (Wildman–Crippen LogP) is 1.87. The Kier molecular flexibility index (Phi) is 6.06. The Morgan fingerprint density at radius 2 is 1.48 bits per heavy atom. The van der Waals surface area contributed by atoms with Gasteiger partial charge in [0.1, 0.15) is 18.1 Å². The molecule has 0 saturated carbocycles. The van der Waals surface area contributed by atoms with Crippen molar-refractivity contribution in [2.75, 3.05) is 26.2 Å². The molecular formula is C18H23N5O2. The van der Waals surface area contributed by atoms with E-state index in [1.165, 1.54) is 0 Å². The van der Waals surface area contributed by atoms with E-state index in [2.05, 4.69) is 24.0 Å². The normalized spacial score (nSPS) is 11.1. The zero-order chi connectivity index (χ0) is 17.3. The lowest BCUT2D eigenvalue weighted by Gasteiger charge is -2.22. The summed E-state index contributed by atoms with van der Waals surface area (Å²) in [6, 6.07) is 6.81. The first kappa shape index (κ1) is 17.0. The van der Waals surface area contributed by atoms with Crippen LogP contribution in [0.4, 0.5) is 0 Å². The van der Waals surface area contributed by atoms with E-state index in [1.54, 1.807) is 36.7 Å². The van der Waals surface area contributed by atoms with Gasteiger partial charge in [-0.25, -0.2) is 9.97 Å². The molecule has 0 spiro atoms. The van der Waals surface area contributed by atoms with Crippen LogP contribution in [-0.2, 0) is 13.1 Å². The SMILES string of the molecule is Oc1ccc(OCCN(CCn2ccnc2)CCn2ccnc2)cc1. The van der Waals surface area contributed by atoms with Crippen molar-refractivity contribution in [3.05, 3.63) is 61.7 Å². The molecule has 0 atom stereocenters. The Hall–Kier alpha value is -2.80. The largest absolute Gasteiger partial charge is 0.508 e. The van der Waals surface area contributed by atoms with Gasteiger partial charge in [-0.2, -0.15) is 0 Å². The molecule has 7 heteroatoms. The number of imidazole rings is 2. The van der Waals surface area contributed by atoms with Crippen LogP contribution in [-0.4, -0.2) is 55.3 Å². The number of phenolic OH excluding ortho intramolecular Hbond substituents is 1. The quantitative estimate of drug-likeness (QED) is 0.610. The molecule has 0 bridgehead atoms. The minimum absolute atomic E-state index is 0.245. The van der Waals surface area contributed by atoms with E-state index < -0.39 is 0 Å². The number of aromatic hydroxyl groups is 1. The maximum Gasteiger partial charge on any atom is 0.119 e. The number of nitrogens with zero attached hydrogens (tertiary/aromatic N) is 5. The lowest BCUT2D eigenvalue weighted by atomic mass is 10.3. The van der Waals surface area contributed by atoms with E-state index in [1.807, 2.05) is 25.0 Å². The molecule has 0 unspecified atom stereocenters. The molecule has 0 aliphatic carbocycles. The molecule has 1 N–H and O–H groups in total. The highest BCUT2D eigenvalue weighted by Gasteiger charge is 2.06. The monoisotopic (exact) mass is 341 g/mol. The van der Waals surface area contributed by atoms with Crippen molar-refractivity contribution in [3.8, 4) is 11.5 Å². The molecule has 2 heterocycles. The Labute approximate surface area is 147 Å². The standard InChI is InChI=1S/C18H23N5O2/c24-17-1-3-18(4-2-17)25-14-13-21(9-11-22-7-5-19-15-22)10-12-23-8-6-20-16-23/h1-8,15-16,24H,9-14H2. The van der Waals surface area contributed by atoms with Gasteiger partial charge in [0.2, 0.25) is 0 Å². The van der Waals surface area contributed by atoms with Crippen LogP contribution in [0.2, 0.25) is 0 Å². The number of aromatic nitrogens is 4. The summed E-state index contributed by atoms with van der Waals surface area (Å²) in [6.07, 6.45) is 11.2. The van der Waals surface area contributed by atoms with Gasteiger partial charge in [0.25, 0.3) is 0 Å². The van der Waals surface area contributed by atoms with Crippen LogP contribution in [0.3, 0.4) is 0 Å². The van der Waals surface area contributed by atoms with Crippen molar-refractivity contribution in [1.82, 2.24) is 24.0 Å². The van der Waals surface area contributed by atoms with Crippen molar-refractivity contribution in [1.29, 1.82) is 0 Å². The minimum atomic E-state index is 0.245. The molecular weight excluding hydrogens is 318 g/mol. The van der Waals surface area contributed by atoms with E-state index >= 15 is 0 Å². The number of benzene rings is 1. The van der Waals surface area contributed by atoms with Crippen LogP contribution in [0.1, 0.15) is 0 Å². The van der Waals surface area contributed by atoms with Gasteiger partial charge in [0.05, 0.1) is 12.7 Å². The fourth-order valence-electron chi connectivity index (χ4n) is 2.52. The van der Waals surface area contributed by atoms with E-state index in [0.717, 1.165) is 38.5 Å². The van der Waals surface area contributed by atoms with Gasteiger partial charge in [-0.15, -0.1) is 0 Å².